The second-order valence-corrected chi connectivity index (χ2v) is 8.27. The summed E-state index contributed by atoms with van der Waals surface area (Å²) in [6.07, 6.45) is 3.62. The molecular formula is C23H41NO8. The summed E-state index contributed by atoms with van der Waals surface area (Å²) < 4.78 is 34.0. The zero-order valence-electron chi connectivity index (χ0n) is 19.7. The van der Waals surface area contributed by atoms with E-state index in [1.54, 1.807) is 4.90 Å². The number of unbranched alkanes of at least 4 members (excludes halogenated alkanes) is 1. The summed E-state index contributed by atoms with van der Waals surface area (Å²) in [4.78, 5) is 15.0. The number of hydrogen-bond donors (Lipinski definition) is 1. The molecule has 2 aliphatic rings. The summed E-state index contributed by atoms with van der Waals surface area (Å²) in [6, 6.07) is 0. The van der Waals surface area contributed by atoms with Crippen molar-refractivity contribution in [1.82, 2.24) is 4.90 Å². The Bertz CT molecular complexity index is 526. The van der Waals surface area contributed by atoms with Gasteiger partial charge in [0.25, 0.3) is 5.91 Å². The molecule has 1 fully saturated rings. The molecule has 0 aromatic rings. The lowest BCUT2D eigenvalue weighted by atomic mass is 9.90. The molecule has 0 aromatic heterocycles. The summed E-state index contributed by atoms with van der Waals surface area (Å²) >= 11 is 0. The second-order valence-electron chi connectivity index (χ2n) is 8.27. The fraction of sp³-hybridized carbons (Fsp3) is 0.870. The first-order valence-electron chi connectivity index (χ1n) is 11.8. The highest BCUT2D eigenvalue weighted by atomic mass is 16.7. The lowest BCUT2D eigenvalue weighted by Gasteiger charge is -2.33. The molecule has 2 rings (SSSR count). The average Bonchev–Trinajstić information content (AvgIpc) is 2.80. The van der Waals surface area contributed by atoms with Crippen LogP contribution in [0.25, 0.3) is 0 Å². The Hall–Kier alpha value is -1.23. The van der Waals surface area contributed by atoms with Gasteiger partial charge in [-0.25, -0.2) is 0 Å². The van der Waals surface area contributed by atoms with Crippen molar-refractivity contribution in [2.24, 2.45) is 11.8 Å². The maximum Gasteiger partial charge on any atom is 0.288 e. The van der Waals surface area contributed by atoms with E-state index in [0.29, 0.717) is 97.1 Å². The molecule has 0 radical (unpaired) electrons. The van der Waals surface area contributed by atoms with Crippen LogP contribution in [0.4, 0.5) is 0 Å². The molecule has 0 unspecified atom stereocenters. The van der Waals surface area contributed by atoms with Gasteiger partial charge in [0.05, 0.1) is 59.5 Å². The Morgan fingerprint density at radius 1 is 1.00 bits per heavy atom. The van der Waals surface area contributed by atoms with E-state index in [0.717, 1.165) is 6.42 Å². The van der Waals surface area contributed by atoms with Crippen LogP contribution in [0.1, 0.15) is 33.1 Å². The van der Waals surface area contributed by atoms with E-state index in [4.69, 9.17) is 33.5 Å². The zero-order valence-corrected chi connectivity index (χ0v) is 19.7. The lowest BCUT2D eigenvalue weighted by Crippen LogP contribution is -2.41. The minimum absolute atomic E-state index is 0.143. The summed E-state index contributed by atoms with van der Waals surface area (Å²) in [7, 11) is 0. The third-order valence-electron chi connectivity index (χ3n) is 5.43. The molecular weight excluding hydrogens is 418 g/mol. The normalized spacial score (nSPS) is 24.9. The van der Waals surface area contributed by atoms with Gasteiger partial charge in [0.1, 0.15) is 0 Å². The van der Waals surface area contributed by atoms with Crippen LogP contribution in [0.3, 0.4) is 0 Å². The lowest BCUT2D eigenvalue weighted by molar-refractivity contribution is -0.157. The standard InChI is InChI=1S/C23H41NO8/c1-19(2)20-17-21(32-22(18-20)31-8-4-3-7-25)23(26)24-5-9-27-11-13-29-15-16-30-14-12-28-10-6-24/h17,19-20,22,25H,3-16,18H2,1-2H3/t20-,22+/m0/s1. The minimum atomic E-state index is -0.463. The number of amides is 1. The maximum absolute atomic E-state index is 13.3. The number of hydrogen-bond acceptors (Lipinski definition) is 8. The third kappa shape index (κ3) is 10.6. The van der Waals surface area contributed by atoms with Gasteiger partial charge in [0.2, 0.25) is 6.29 Å². The Morgan fingerprint density at radius 3 is 2.09 bits per heavy atom. The predicted octanol–water partition coefficient (Wildman–Crippen LogP) is 1.59. The maximum atomic E-state index is 13.3. The number of ether oxygens (including phenoxy) is 6. The van der Waals surface area contributed by atoms with Gasteiger partial charge in [-0.1, -0.05) is 13.8 Å². The molecule has 9 heteroatoms. The number of carbonyl (C=O) groups excluding carboxylic acids is 1. The molecule has 0 bridgehead atoms. The van der Waals surface area contributed by atoms with E-state index in [1.165, 1.54) is 0 Å². The van der Waals surface area contributed by atoms with E-state index < -0.39 is 6.29 Å². The van der Waals surface area contributed by atoms with Crippen molar-refractivity contribution in [2.75, 3.05) is 79.2 Å². The molecule has 9 nitrogen and oxygen atoms in total. The molecule has 2 aliphatic heterocycles. The molecule has 0 aromatic carbocycles. The first-order chi connectivity index (χ1) is 15.6. The first-order valence-corrected chi connectivity index (χ1v) is 11.8. The smallest absolute Gasteiger partial charge is 0.288 e. The molecule has 0 aliphatic carbocycles. The summed E-state index contributed by atoms with van der Waals surface area (Å²) in [5.41, 5.74) is 0. The SMILES string of the molecule is CC(C)[C@H]1C=C(C(=O)N2CCOCCOCCOCCOCC2)O[C@@H](OCCCCO)C1. The first kappa shape index (κ1) is 27.0. The Kier molecular flexibility index (Phi) is 13.8. The summed E-state index contributed by atoms with van der Waals surface area (Å²) in [5.74, 6) is 0.700. The molecule has 2 heterocycles. The number of aliphatic hydroxyl groups is 1. The number of allylic oxidation sites excluding steroid dienone is 1. The van der Waals surface area contributed by atoms with Crippen molar-refractivity contribution in [3.63, 3.8) is 0 Å². The Labute approximate surface area is 191 Å². The number of nitrogens with zero attached hydrogens (tertiary/aromatic N) is 1. The highest BCUT2D eigenvalue weighted by molar-refractivity contribution is 5.91. The van der Waals surface area contributed by atoms with Crippen molar-refractivity contribution in [3.05, 3.63) is 11.8 Å². The fourth-order valence-electron chi connectivity index (χ4n) is 3.41. The third-order valence-corrected chi connectivity index (χ3v) is 5.43. The van der Waals surface area contributed by atoms with Gasteiger partial charge in [-0.3, -0.25) is 4.79 Å². The molecule has 0 saturated carbocycles. The van der Waals surface area contributed by atoms with E-state index in [2.05, 4.69) is 13.8 Å². The van der Waals surface area contributed by atoms with Gasteiger partial charge in [0.15, 0.2) is 5.76 Å². The van der Waals surface area contributed by atoms with Gasteiger partial charge in [-0.2, -0.15) is 0 Å². The Morgan fingerprint density at radius 2 is 1.56 bits per heavy atom. The molecule has 1 amide bonds. The van der Waals surface area contributed by atoms with Crippen LogP contribution in [-0.2, 0) is 33.2 Å². The van der Waals surface area contributed by atoms with E-state index in [1.807, 2.05) is 6.08 Å². The van der Waals surface area contributed by atoms with Crippen LogP contribution in [0.15, 0.2) is 11.8 Å². The summed E-state index contributed by atoms with van der Waals surface area (Å²) in [6.45, 7) is 9.58. The van der Waals surface area contributed by atoms with Gasteiger partial charge >= 0.3 is 0 Å². The highest BCUT2D eigenvalue weighted by Gasteiger charge is 2.31. The van der Waals surface area contributed by atoms with Crippen LogP contribution < -0.4 is 0 Å². The van der Waals surface area contributed by atoms with Crippen molar-refractivity contribution in [3.8, 4) is 0 Å². The van der Waals surface area contributed by atoms with Crippen molar-refractivity contribution in [1.29, 1.82) is 0 Å². The topological polar surface area (TPSA) is 95.9 Å². The van der Waals surface area contributed by atoms with Crippen LogP contribution in [-0.4, -0.2) is 101 Å². The van der Waals surface area contributed by atoms with Gasteiger partial charge in [-0.15, -0.1) is 0 Å². The van der Waals surface area contributed by atoms with Crippen molar-refractivity contribution in [2.45, 2.75) is 39.4 Å². The second kappa shape index (κ2) is 16.4. The van der Waals surface area contributed by atoms with Crippen LogP contribution in [0, 0.1) is 11.8 Å². The van der Waals surface area contributed by atoms with Gasteiger partial charge < -0.3 is 38.4 Å². The summed E-state index contributed by atoms with van der Waals surface area (Å²) in [5, 5.41) is 8.95. The van der Waals surface area contributed by atoms with Crippen LogP contribution >= 0.6 is 0 Å². The molecule has 32 heavy (non-hydrogen) atoms. The van der Waals surface area contributed by atoms with E-state index in [-0.39, 0.29) is 18.4 Å². The van der Waals surface area contributed by atoms with Crippen LogP contribution in [0.2, 0.25) is 0 Å². The fourth-order valence-corrected chi connectivity index (χ4v) is 3.41. The predicted molar refractivity (Wildman–Crippen MR) is 118 cm³/mol. The number of rotatable bonds is 7. The van der Waals surface area contributed by atoms with E-state index in [9.17, 15) is 4.79 Å². The zero-order chi connectivity index (χ0) is 23.0. The molecule has 186 valence electrons. The average molecular weight is 460 g/mol. The Balaban J connectivity index is 1.97. The largest absolute Gasteiger partial charge is 0.459 e. The molecule has 0 spiro atoms. The number of aliphatic hydroxyl groups excluding tert-OH is 1. The quantitative estimate of drug-likeness (QED) is 0.574. The molecule has 2 atom stereocenters. The van der Waals surface area contributed by atoms with Crippen molar-refractivity contribution < 1.29 is 38.3 Å². The highest BCUT2D eigenvalue weighted by Crippen LogP contribution is 2.29. The molecule has 1 N–H and O–H groups in total. The minimum Gasteiger partial charge on any atom is -0.459 e. The number of carbonyl (C=O) groups is 1. The van der Waals surface area contributed by atoms with Crippen molar-refractivity contribution >= 4 is 5.91 Å². The van der Waals surface area contributed by atoms with Gasteiger partial charge in [-0.05, 0) is 30.8 Å². The van der Waals surface area contributed by atoms with E-state index >= 15 is 0 Å². The monoisotopic (exact) mass is 459 g/mol. The van der Waals surface area contributed by atoms with Gasteiger partial charge in [0, 0.05) is 26.1 Å². The molecule has 1 saturated heterocycles. The van der Waals surface area contributed by atoms with Crippen LogP contribution in [0.5, 0.6) is 0 Å².